The van der Waals surface area contributed by atoms with Crippen LogP contribution in [0.15, 0.2) is 9.21 Å². The Bertz CT molecular complexity index is 300. The number of hydrogen-bond donors (Lipinski definition) is 0. The summed E-state index contributed by atoms with van der Waals surface area (Å²) in [5.41, 5.74) is 0.857. The summed E-state index contributed by atoms with van der Waals surface area (Å²) in [5, 5.41) is 0. The highest BCUT2D eigenvalue weighted by molar-refractivity contribution is 6.17. The quantitative estimate of drug-likeness (QED) is 0.635. The van der Waals surface area contributed by atoms with Gasteiger partial charge in [-0.25, -0.2) is 4.79 Å². The van der Waals surface area contributed by atoms with Gasteiger partial charge >= 0.3 is 5.76 Å². The summed E-state index contributed by atoms with van der Waals surface area (Å²) in [7, 11) is 0. The molecule has 0 spiro atoms. The third kappa shape index (κ3) is 1.48. The fourth-order valence-corrected chi connectivity index (χ4v) is 1.10. The highest BCUT2D eigenvalue weighted by Crippen LogP contribution is 2.02. The molecule has 0 saturated carbocycles. The molecule has 0 aromatic carbocycles. The van der Waals surface area contributed by atoms with E-state index in [-0.39, 0.29) is 5.76 Å². The van der Waals surface area contributed by atoms with Gasteiger partial charge in [0.1, 0.15) is 5.76 Å². The van der Waals surface area contributed by atoms with E-state index in [1.54, 1.807) is 6.92 Å². The highest BCUT2D eigenvalue weighted by Gasteiger charge is 2.06. The molecule has 1 aromatic heterocycles. The van der Waals surface area contributed by atoms with E-state index < -0.39 is 0 Å². The van der Waals surface area contributed by atoms with Crippen LogP contribution < -0.4 is 5.76 Å². The van der Waals surface area contributed by atoms with Gasteiger partial charge in [-0.3, -0.25) is 4.57 Å². The number of aryl methyl sites for hydroxylation is 1. The van der Waals surface area contributed by atoms with Crippen molar-refractivity contribution in [2.24, 2.45) is 0 Å². The van der Waals surface area contributed by atoms with Gasteiger partial charge in [-0.05, 0) is 13.8 Å². The van der Waals surface area contributed by atoms with Crippen LogP contribution >= 0.6 is 11.6 Å². The standard InChI is InChI=1S/C7H10ClNO2/c1-5-6(2)11-7(10)9(5)4-3-8/h3-4H2,1-2H3. The minimum Gasteiger partial charge on any atom is -0.413 e. The van der Waals surface area contributed by atoms with Crippen molar-refractivity contribution < 1.29 is 4.42 Å². The molecule has 0 aliphatic heterocycles. The van der Waals surface area contributed by atoms with Crippen molar-refractivity contribution in [3.8, 4) is 0 Å². The van der Waals surface area contributed by atoms with Crippen molar-refractivity contribution in [1.82, 2.24) is 4.57 Å². The Morgan fingerprint density at radius 2 is 2.18 bits per heavy atom. The number of aromatic nitrogens is 1. The number of alkyl halides is 1. The summed E-state index contributed by atoms with van der Waals surface area (Å²) in [6.07, 6.45) is 0. The first kappa shape index (κ1) is 8.40. The molecule has 1 aromatic rings. The Hall–Kier alpha value is -0.700. The van der Waals surface area contributed by atoms with Gasteiger partial charge < -0.3 is 4.42 Å². The molecule has 0 unspecified atom stereocenters. The molecule has 4 heteroatoms. The summed E-state index contributed by atoms with van der Waals surface area (Å²) in [4.78, 5) is 11.0. The lowest BCUT2D eigenvalue weighted by molar-refractivity contribution is 0.464. The van der Waals surface area contributed by atoms with Gasteiger partial charge in [-0.15, -0.1) is 11.6 Å². The van der Waals surface area contributed by atoms with Gasteiger partial charge in [0.2, 0.25) is 0 Å². The Labute approximate surface area is 69.6 Å². The van der Waals surface area contributed by atoms with Gasteiger partial charge in [-0.1, -0.05) is 0 Å². The van der Waals surface area contributed by atoms with Gasteiger partial charge in [0.15, 0.2) is 0 Å². The highest BCUT2D eigenvalue weighted by atomic mass is 35.5. The Morgan fingerprint density at radius 3 is 2.55 bits per heavy atom. The van der Waals surface area contributed by atoms with Crippen LogP contribution in [0, 0.1) is 13.8 Å². The molecule has 0 bridgehead atoms. The molecule has 1 heterocycles. The van der Waals surface area contributed by atoms with Crippen LogP contribution in [0.25, 0.3) is 0 Å². The largest absolute Gasteiger partial charge is 0.419 e. The first-order chi connectivity index (χ1) is 5.16. The molecule has 0 atom stereocenters. The summed E-state index contributed by atoms with van der Waals surface area (Å²) in [6.45, 7) is 4.12. The minimum atomic E-state index is -0.319. The molecule has 3 nitrogen and oxygen atoms in total. The molecular weight excluding hydrogens is 166 g/mol. The van der Waals surface area contributed by atoms with Gasteiger partial charge in [0.05, 0.1) is 5.69 Å². The van der Waals surface area contributed by atoms with E-state index in [1.807, 2.05) is 6.92 Å². The molecule has 0 aliphatic carbocycles. The van der Waals surface area contributed by atoms with E-state index >= 15 is 0 Å². The number of nitrogens with zero attached hydrogens (tertiary/aromatic N) is 1. The lowest BCUT2D eigenvalue weighted by Gasteiger charge is -1.96. The van der Waals surface area contributed by atoms with Crippen LogP contribution in [0.2, 0.25) is 0 Å². The van der Waals surface area contributed by atoms with Gasteiger partial charge in [-0.2, -0.15) is 0 Å². The first-order valence-electron chi connectivity index (χ1n) is 3.39. The fourth-order valence-electron chi connectivity index (χ4n) is 0.930. The van der Waals surface area contributed by atoms with Crippen molar-refractivity contribution in [3.05, 3.63) is 22.0 Å². The molecule has 0 fully saturated rings. The van der Waals surface area contributed by atoms with Crippen molar-refractivity contribution in [2.45, 2.75) is 20.4 Å². The zero-order valence-electron chi connectivity index (χ0n) is 6.56. The van der Waals surface area contributed by atoms with E-state index in [9.17, 15) is 4.79 Å². The summed E-state index contributed by atoms with van der Waals surface area (Å²) >= 11 is 5.49. The zero-order chi connectivity index (χ0) is 8.43. The normalized spacial score (nSPS) is 10.5. The lowest BCUT2D eigenvalue weighted by atomic mass is 10.4. The fraction of sp³-hybridized carbons (Fsp3) is 0.571. The van der Waals surface area contributed by atoms with E-state index in [4.69, 9.17) is 16.0 Å². The van der Waals surface area contributed by atoms with Crippen LogP contribution in [-0.2, 0) is 6.54 Å². The van der Waals surface area contributed by atoms with Crippen LogP contribution in [-0.4, -0.2) is 10.4 Å². The second kappa shape index (κ2) is 3.13. The average molecular weight is 176 g/mol. The minimum absolute atomic E-state index is 0.319. The second-order valence-corrected chi connectivity index (χ2v) is 2.73. The lowest BCUT2D eigenvalue weighted by Crippen LogP contribution is -2.16. The SMILES string of the molecule is Cc1oc(=O)n(CCCl)c1C. The molecule has 0 radical (unpaired) electrons. The van der Waals surface area contributed by atoms with Crippen molar-refractivity contribution in [3.63, 3.8) is 0 Å². The monoisotopic (exact) mass is 175 g/mol. The van der Waals surface area contributed by atoms with Gasteiger partial charge in [0, 0.05) is 12.4 Å². The maximum absolute atomic E-state index is 11.0. The maximum Gasteiger partial charge on any atom is 0.419 e. The molecule has 62 valence electrons. The van der Waals surface area contributed by atoms with Crippen LogP contribution in [0.1, 0.15) is 11.5 Å². The molecule has 0 amide bonds. The molecule has 0 N–H and O–H groups in total. The molecule has 0 aliphatic rings. The van der Waals surface area contributed by atoms with Crippen LogP contribution in [0.5, 0.6) is 0 Å². The summed E-state index contributed by atoms with van der Waals surface area (Å²) < 4.78 is 6.38. The Kier molecular flexibility index (Phi) is 2.39. The van der Waals surface area contributed by atoms with Crippen molar-refractivity contribution in [1.29, 1.82) is 0 Å². The topological polar surface area (TPSA) is 35.1 Å². The number of oxazole rings is 1. The predicted octanol–water partition coefficient (Wildman–Crippen LogP) is 1.30. The number of halogens is 1. The average Bonchev–Trinajstić information content (AvgIpc) is 2.17. The first-order valence-corrected chi connectivity index (χ1v) is 3.93. The van der Waals surface area contributed by atoms with Crippen LogP contribution in [0.4, 0.5) is 0 Å². The molecule has 11 heavy (non-hydrogen) atoms. The van der Waals surface area contributed by atoms with E-state index in [0.29, 0.717) is 18.2 Å². The smallest absolute Gasteiger partial charge is 0.413 e. The Balaban J connectivity index is 3.12. The number of hydrogen-bond acceptors (Lipinski definition) is 2. The number of rotatable bonds is 2. The molecular formula is C7H10ClNO2. The second-order valence-electron chi connectivity index (χ2n) is 2.35. The maximum atomic E-state index is 11.0. The Morgan fingerprint density at radius 1 is 1.55 bits per heavy atom. The third-order valence-electron chi connectivity index (χ3n) is 1.68. The predicted molar refractivity (Wildman–Crippen MR) is 43.2 cm³/mol. The van der Waals surface area contributed by atoms with Gasteiger partial charge in [0.25, 0.3) is 0 Å². The van der Waals surface area contributed by atoms with Crippen molar-refractivity contribution in [2.75, 3.05) is 5.88 Å². The molecule has 0 saturated heterocycles. The third-order valence-corrected chi connectivity index (χ3v) is 1.85. The van der Waals surface area contributed by atoms with Crippen molar-refractivity contribution >= 4 is 11.6 Å². The van der Waals surface area contributed by atoms with Crippen LogP contribution in [0.3, 0.4) is 0 Å². The van der Waals surface area contributed by atoms with E-state index in [0.717, 1.165) is 5.69 Å². The zero-order valence-corrected chi connectivity index (χ0v) is 7.31. The molecule has 1 rings (SSSR count). The summed E-state index contributed by atoms with van der Waals surface area (Å²) in [6, 6.07) is 0. The summed E-state index contributed by atoms with van der Waals surface area (Å²) in [5.74, 6) is 0.778. The van der Waals surface area contributed by atoms with E-state index in [2.05, 4.69) is 0 Å². The van der Waals surface area contributed by atoms with E-state index in [1.165, 1.54) is 4.57 Å².